The first-order valence-electron chi connectivity index (χ1n) is 6.40. The molecular formula is C16H16N2O. The van der Waals surface area contributed by atoms with Gasteiger partial charge in [-0.3, -0.25) is 4.79 Å². The van der Waals surface area contributed by atoms with Crippen LogP contribution in [0.3, 0.4) is 0 Å². The van der Waals surface area contributed by atoms with Crippen LogP contribution in [-0.2, 0) is 11.2 Å². The maximum absolute atomic E-state index is 12.3. The van der Waals surface area contributed by atoms with Gasteiger partial charge >= 0.3 is 0 Å². The lowest BCUT2D eigenvalue weighted by atomic mass is 9.77. The Hall–Kier alpha value is -2.29. The summed E-state index contributed by atoms with van der Waals surface area (Å²) in [5.74, 6) is 0.0414. The van der Waals surface area contributed by atoms with Crippen LogP contribution >= 0.6 is 0 Å². The molecule has 0 heterocycles. The van der Waals surface area contributed by atoms with Gasteiger partial charge in [0, 0.05) is 11.4 Å². The Bertz CT molecular complexity index is 649. The molecule has 1 amide bonds. The number of carbonyl (C=O) groups excluding carboxylic acids is 1. The van der Waals surface area contributed by atoms with Crippen LogP contribution in [0.1, 0.15) is 22.6 Å². The summed E-state index contributed by atoms with van der Waals surface area (Å²) in [6.45, 7) is 1.95. The molecule has 3 rings (SSSR count). The predicted octanol–water partition coefficient (Wildman–Crippen LogP) is 2.86. The van der Waals surface area contributed by atoms with Gasteiger partial charge in [0.25, 0.3) is 0 Å². The summed E-state index contributed by atoms with van der Waals surface area (Å²) in [7, 11) is 0. The van der Waals surface area contributed by atoms with E-state index in [9.17, 15) is 4.79 Å². The largest absolute Gasteiger partial charge is 0.399 e. The van der Waals surface area contributed by atoms with Crippen molar-refractivity contribution in [2.45, 2.75) is 19.3 Å². The lowest BCUT2D eigenvalue weighted by Crippen LogP contribution is -2.30. The fourth-order valence-electron chi connectivity index (χ4n) is 2.54. The van der Waals surface area contributed by atoms with Gasteiger partial charge in [-0.05, 0) is 48.2 Å². The SMILES string of the molecule is Cc1cc(N)ccc1NC(=O)C1Cc2ccccc21. The monoisotopic (exact) mass is 252 g/mol. The van der Waals surface area contributed by atoms with Crippen molar-refractivity contribution < 1.29 is 4.79 Å². The minimum atomic E-state index is -0.0202. The van der Waals surface area contributed by atoms with Crippen molar-refractivity contribution in [1.29, 1.82) is 0 Å². The summed E-state index contributed by atoms with van der Waals surface area (Å²) in [5, 5.41) is 2.99. The van der Waals surface area contributed by atoms with E-state index < -0.39 is 0 Å². The number of hydrogen-bond acceptors (Lipinski definition) is 2. The zero-order chi connectivity index (χ0) is 13.4. The lowest BCUT2D eigenvalue weighted by molar-refractivity contribution is -0.118. The molecule has 0 bridgehead atoms. The fraction of sp³-hybridized carbons (Fsp3) is 0.188. The third kappa shape index (κ3) is 2.08. The molecule has 19 heavy (non-hydrogen) atoms. The van der Waals surface area contributed by atoms with Crippen molar-refractivity contribution in [3.8, 4) is 0 Å². The Morgan fingerprint density at radius 2 is 2.05 bits per heavy atom. The van der Waals surface area contributed by atoms with Crippen molar-refractivity contribution in [1.82, 2.24) is 0 Å². The van der Waals surface area contributed by atoms with E-state index in [1.165, 1.54) is 5.56 Å². The van der Waals surface area contributed by atoms with Crippen molar-refractivity contribution in [3.63, 3.8) is 0 Å². The second-order valence-electron chi connectivity index (χ2n) is 5.02. The summed E-state index contributed by atoms with van der Waals surface area (Å²) < 4.78 is 0. The Morgan fingerprint density at radius 1 is 1.26 bits per heavy atom. The number of benzene rings is 2. The van der Waals surface area contributed by atoms with E-state index in [1.807, 2.05) is 37.3 Å². The Labute approximate surface area is 112 Å². The third-order valence-electron chi connectivity index (χ3n) is 3.68. The molecule has 1 atom stereocenters. The third-order valence-corrected chi connectivity index (χ3v) is 3.68. The van der Waals surface area contributed by atoms with Crippen LogP contribution in [0.4, 0.5) is 11.4 Å². The molecule has 0 aromatic heterocycles. The highest BCUT2D eigenvalue weighted by Gasteiger charge is 2.31. The number of anilines is 2. The molecule has 0 spiro atoms. The van der Waals surface area contributed by atoms with Gasteiger partial charge in [-0.1, -0.05) is 24.3 Å². The van der Waals surface area contributed by atoms with Crippen molar-refractivity contribution >= 4 is 17.3 Å². The zero-order valence-electron chi connectivity index (χ0n) is 10.8. The molecule has 3 nitrogen and oxygen atoms in total. The average Bonchev–Trinajstić information content (AvgIpc) is 2.34. The van der Waals surface area contributed by atoms with Crippen LogP contribution in [0.2, 0.25) is 0 Å². The standard InChI is InChI=1S/C16H16N2O/c1-10-8-12(17)6-7-15(10)18-16(19)14-9-11-4-2-3-5-13(11)14/h2-8,14H,9,17H2,1H3,(H,18,19). The van der Waals surface area contributed by atoms with Crippen LogP contribution in [0, 0.1) is 6.92 Å². The lowest BCUT2D eigenvalue weighted by Gasteiger charge is -2.29. The molecular weight excluding hydrogens is 236 g/mol. The van der Waals surface area contributed by atoms with Crippen molar-refractivity contribution in [2.75, 3.05) is 11.1 Å². The molecule has 0 fully saturated rings. The van der Waals surface area contributed by atoms with E-state index in [0.29, 0.717) is 5.69 Å². The van der Waals surface area contributed by atoms with E-state index in [4.69, 9.17) is 5.73 Å². The Morgan fingerprint density at radius 3 is 2.79 bits per heavy atom. The molecule has 0 saturated heterocycles. The van der Waals surface area contributed by atoms with Crippen LogP contribution < -0.4 is 11.1 Å². The number of hydrogen-bond donors (Lipinski definition) is 2. The van der Waals surface area contributed by atoms with E-state index in [1.54, 1.807) is 6.07 Å². The molecule has 0 saturated carbocycles. The molecule has 0 aliphatic heterocycles. The van der Waals surface area contributed by atoms with Gasteiger partial charge in [-0.25, -0.2) is 0 Å². The number of rotatable bonds is 2. The molecule has 96 valence electrons. The van der Waals surface area contributed by atoms with E-state index in [-0.39, 0.29) is 11.8 Å². The van der Waals surface area contributed by atoms with E-state index in [0.717, 1.165) is 23.2 Å². The van der Waals surface area contributed by atoms with E-state index >= 15 is 0 Å². The first-order valence-corrected chi connectivity index (χ1v) is 6.40. The van der Waals surface area contributed by atoms with Crippen molar-refractivity contribution in [2.24, 2.45) is 0 Å². The number of nitrogens with two attached hydrogens (primary N) is 1. The van der Waals surface area contributed by atoms with Crippen LogP contribution in [-0.4, -0.2) is 5.91 Å². The number of aryl methyl sites for hydroxylation is 1. The van der Waals surface area contributed by atoms with Gasteiger partial charge < -0.3 is 11.1 Å². The Balaban J connectivity index is 1.77. The van der Waals surface area contributed by atoms with Gasteiger partial charge in [0.05, 0.1) is 5.92 Å². The van der Waals surface area contributed by atoms with Gasteiger partial charge in [0.2, 0.25) is 5.91 Å². The highest BCUT2D eigenvalue weighted by atomic mass is 16.1. The minimum Gasteiger partial charge on any atom is -0.399 e. The van der Waals surface area contributed by atoms with E-state index in [2.05, 4.69) is 11.4 Å². The molecule has 2 aromatic carbocycles. The van der Waals surface area contributed by atoms with Crippen LogP contribution in [0.5, 0.6) is 0 Å². The zero-order valence-corrected chi connectivity index (χ0v) is 10.8. The number of nitrogens with one attached hydrogen (secondary N) is 1. The number of fused-ring (bicyclic) bond motifs is 1. The van der Waals surface area contributed by atoms with Crippen LogP contribution in [0.15, 0.2) is 42.5 Å². The fourth-order valence-corrected chi connectivity index (χ4v) is 2.54. The molecule has 1 aliphatic carbocycles. The highest BCUT2D eigenvalue weighted by Crippen LogP contribution is 2.35. The molecule has 3 heteroatoms. The first-order chi connectivity index (χ1) is 9.15. The van der Waals surface area contributed by atoms with Gasteiger partial charge in [-0.2, -0.15) is 0 Å². The van der Waals surface area contributed by atoms with Gasteiger partial charge in [0.15, 0.2) is 0 Å². The molecule has 2 aromatic rings. The maximum Gasteiger partial charge on any atom is 0.232 e. The number of nitrogen functional groups attached to an aromatic ring is 1. The molecule has 0 radical (unpaired) electrons. The molecule has 1 aliphatic rings. The predicted molar refractivity (Wildman–Crippen MR) is 77.1 cm³/mol. The van der Waals surface area contributed by atoms with Gasteiger partial charge in [-0.15, -0.1) is 0 Å². The van der Waals surface area contributed by atoms with Gasteiger partial charge in [0.1, 0.15) is 0 Å². The highest BCUT2D eigenvalue weighted by molar-refractivity contribution is 5.98. The summed E-state index contributed by atoms with van der Waals surface area (Å²) >= 11 is 0. The summed E-state index contributed by atoms with van der Waals surface area (Å²) in [6.07, 6.45) is 0.829. The van der Waals surface area contributed by atoms with Crippen LogP contribution in [0.25, 0.3) is 0 Å². The first kappa shape index (κ1) is 11.8. The second kappa shape index (κ2) is 4.43. The number of amides is 1. The number of carbonyl (C=O) groups is 1. The summed E-state index contributed by atoms with van der Waals surface area (Å²) in [5.41, 5.74) is 10.7. The summed E-state index contributed by atoms with van der Waals surface area (Å²) in [4.78, 5) is 12.3. The summed E-state index contributed by atoms with van der Waals surface area (Å²) in [6, 6.07) is 13.6. The minimum absolute atomic E-state index is 0.0202. The quantitative estimate of drug-likeness (QED) is 0.807. The van der Waals surface area contributed by atoms with Crippen molar-refractivity contribution in [3.05, 3.63) is 59.2 Å². The molecule has 1 unspecified atom stereocenters. The Kier molecular flexibility index (Phi) is 2.75. The average molecular weight is 252 g/mol. The topological polar surface area (TPSA) is 55.1 Å². The smallest absolute Gasteiger partial charge is 0.232 e. The second-order valence-corrected chi connectivity index (χ2v) is 5.02. The molecule has 3 N–H and O–H groups in total. The maximum atomic E-state index is 12.3. The normalized spacial score (nSPS) is 16.4.